The molecule has 0 bridgehead atoms. The Morgan fingerprint density at radius 3 is 2.50 bits per heavy atom. The highest BCUT2D eigenvalue weighted by atomic mass is 16.4. The summed E-state index contributed by atoms with van der Waals surface area (Å²) in [5.74, 6) is -0.694. The highest BCUT2D eigenvalue weighted by molar-refractivity contribution is 5.71. The maximum absolute atomic E-state index is 11.1. The molecule has 0 aromatic heterocycles. The molecule has 3 nitrogen and oxygen atoms in total. The first kappa shape index (κ1) is 9.97. The molecule has 2 fully saturated rings. The van der Waals surface area contributed by atoms with E-state index in [0.717, 1.165) is 25.8 Å². The van der Waals surface area contributed by atoms with Gasteiger partial charge in [0.25, 0.3) is 0 Å². The minimum absolute atomic E-state index is 0.105. The summed E-state index contributed by atoms with van der Waals surface area (Å²) >= 11 is 0. The number of hydrogen-bond donors (Lipinski definition) is 1. The lowest BCUT2D eigenvalue weighted by molar-refractivity contribution is -0.147. The Morgan fingerprint density at radius 1 is 1.29 bits per heavy atom. The molecule has 2 rings (SSSR count). The van der Waals surface area contributed by atoms with Crippen molar-refractivity contribution in [2.75, 3.05) is 6.54 Å². The fraction of sp³-hybridized carbons (Fsp3) is 0.909. The first-order valence-electron chi connectivity index (χ1n) is 5.68. The van der Waals surface area contributed by atoms with E-state index in [1.54, 1.807) is 0 Å². The van der Waals surface area contributed by atoms with Crippen LogP contribution in [0.4, 0.5) is 0 Å². The third kappa shape index (κ3) is 1.65. The number of hydrogen-bond acceptors (Lipinski definition) is 2. The third-order valence-corrected chi connectivity index (χ3v) is 3.84. The minimum atomic E-state index is -0.589. The number of aliphatic carboxylic acids is 1. The smallest absolute Gasteiger partial charge is 0.308 e. The first-order chi connectivity index (χ1) is 6.70. The highest BCUT2D eigenvalue weighted by Gasteiger charge is 2.39. The van der Waals surface area contributed by atoms with E-state index in [-0.39, 0.29) is 5.92 Å². The second-order valence-electron chi connectivity index (χ2n) is 4.67. The summed E-state index contributed by atoms with van der Waals surface area (Å²) in [6, 6.07) is 0.935. The standard InChI is InChI=1S/C11H19NO2/c1-8-6-7-12(8)10-5-3-2-4-9(10)11(13)14/h8-10H,2-7H2,1H3,(H,13,14). The number of likely N-dealkylation sites (tertiary alicyclic amines) is 1. The van der Waals surface area contributed by atoms with Crippen molar-refractivity contribution >= 4 is 5.97 Å². The van der Waals surface area contributed by atoms with Gasteiger partial charge in [0, 0.05) is 18.6 Å². The molecule has 1 saturated heterocycles. The van der Waals surface area contributed by atoms with Crippen molar-refractivity contribution in [2.24, 2.45) is 5.92 Å². The molecule has 3 heteroatoms. The van der Waals surface area contributed by atoms with Gasteiger partial charge >= 0.3 is 5.97 Å². The van der Waals surface area contributed by atoms with E-state index in [2.05, 4.69) is 11.8 Å². The zero-order valence-electron chi connectivity index (χ0n) is 8.78. The summed E-state index contributed by atoms with van der Waals surface area (Å²) in [5, 5.41) is 9.14. The molecule has 1 saturated carbocycles. The monoisotopic (exact) mass is 197 g/mol. The average molecular weight is 197 g/mol. The molecule has 0 aromatic rings. The van der Waals surface area contributed by atoms with Crippen LogP contribution in [-0.2, 0) is 4.79 Å². The van der Waals surface area contributed by atoms with Crippen LogP contribution in [0, 0.1) is 5.92 Å². The lowest BCUT2D eigenvalue weighted by atomic mass is 9.81. The van der Waals surface area contributed by atoms with E-state index < -0.39 is 5.97 Å². The largest absolute Gasteiger partial charge is 0.481 e. The number of rotatable bonds is 2. The van der Waals surface area contributed by atoms with Crippen molar-refractivity contribution in [2.45, 2.75) is 51.1 Å². The quantitative estimate of drug-likeness (QED) is 0.732. The number of nitrogens with zero attached hydrogens (tertiary/aromatic N) is 1. The van der Waals surface area contributed by atoms with Crippen molar-refractivity contribution in [3.63, 3.8) is 0 Å². The third-order valence-electron chi connectivity index (χ3n) is 3.84. The van der Waals surface area contributed by atoms with Gasteiger partial charge in [0.1, 0.15) is 0 Å². The van der Waals surface area contributed by atoms with Crippen LogP contribution in [0.2, 0.25) is 0 Å². The average Bonchev–Trinajstić information content (AvgIpc) is 2.16. The zero-order chi connectivity index (χ0) is 10.1. The highest BCUT2D eigenvalue weighted by Crippen LogP contribution is 2.33. The molecule has 1 N–H and O–H groups in total. The van der Waals surface area contributed by atoms with E-state index in [0.29, 0.717) is 12.1 Å². The first-order valence-corrected chi connectivity index (χ1v) is 5.68. The molecule has 2 aliphatic rings. The number of carboxylic acid groups (broad SMARTS) is 1. The van der Waals surface area contributed by atoms with Gasteiger partial charge < -0.3 is 5.11 Å². The van der Waals surface area contributed by atoms with Crippen LogP contribution in [0.25, 0.3) is 0 Å². The van der Waals surface area contributed by atoms with Crippen LogP contribution in [0.15, 0.2) is 0 Å². The summed E-state index contributed by atoms with van der Waals surface area (Å²) in [6.45, 7) is 3.31. The van der Waals surface area contributed by atoms with Gasteiger partial charge in [-0.3, -0.25) is 9.69 Å². The fourth-order valence-corrected chi connectivity index (χ4v) is 2.83. The minimum Gasteiger partial charge on any atom is -0.481 e. The van der Waals surface area contributed by atoms with E-state index in [4.69, 9.17) is 5.11 Å². The number of carboxylic acids is 1. The summed E-state index contributed by atoms with van der Waals surface area (Å²) in [6.07, 6.45) is 5.50. The molecule has 0 aromatic carbocycles. The van der Waals surface area contributed by atoms with Crippen LogP contribution >= 0.6 is 0 Å². The van der Waals surface area contributed by atoms with Gasteiger partial charge in [-0.25, -0.2) is 0 Å². The summed E-state index contributed by atoms with van der Waals surface area (Å²) in [5.41, 5.74) is 0. The van der Waals surface area contributed by atoms with Crippen LogP contribution < -0.4 is 0 Å². The molecular weight excluding hydrogens is 178 g/mol. The molecule has 1 aliphatic carbocycles. The Labute approximate surface area is 85.1 Å². The van der Waals surface area contributed by atoms with Gasteiger partial charge in [0.05, 0.1) is 5.92 Å². The predicted octanol–water partition coefficient (Wildman–Crippen LogP) is 1.72. The normalized spacial score (nSPS) is 39.1. The lowest BCUT2D eigenvalue weighted by Crippen LogP contribution is -2.56. The molecule has 0 spiro atoms. The van der Waals surface area contributed by atoms with Gasteiger partial charge in [-0.05, 0) is 26.2 Å². The summed E-state index contributed by atoms with van der Waals surface area (Å²) in [4.78, 5) is 13.5. The Bertz CT molecular complexity index is 229. The van der Waals surface area contributed by atoms with Gasteiger partial charge in [0.15, 0.2) is 0 Å². The molecular formula is C11H19NO2. The molecule has 0 amide bonds. The van der Waals surface area contributed by atoms with Gasteiger partial charge in [-0.2, -0.15) is 0 Å². The van der Waals surface area contributed by atoms with Gasteiger partial charge in [0.2, 0.25) is 0 Å². The lowest BCUT2D eigenvalue weighted by Gasteiger charge is -2.48. The maximum atomic E-state index is 11.1. The van der Waals surface area contributed by atoms with Gasteiger partial charge in [-0.15, -0.1) is 0 Å². The SMILES string of the molecule is CC1CCN1C1CCCCC1C(=O)O. The predicted molar refractivity (Wildman–Crippen MR) is 54.2 cm³/mol. The van der Waals surface area contributed by atoms with Crippen molar-refractivity contribution in [3.8, 4) is 0 Å². The van der Waals surface area contributed by atoms with E-state index in [1.165, 1.54) is 12.8 Å². The van der Waals surface area contributed by atoms with Crippen molar-refractivity contribution in [1.29, 1.82) is 0 Å². The topological polar surface area (TPSA) is 40.5 Å². The Kier molecular flexibility index (Phi) is 2.77. The molecule has 0 radical (unpaired) electrons. The Morgan fingerprint density at radius 2 is 2.00 bits per heavy atom. The number of carbonyl (C=O) groups is 1. The van der Waals surface area contributed by atoms with Crippen LogP contribution in [0.3, 0.4) is 0 Å². The Balaban J connectivity index is 2.02. The van der Waals surface area contributed by atoms with E-state index in [9.17, 15) is 4.79 Å². The molecule has 3 atom stereocenters. The maximum Gasteiger partial charge on any atom is 0.308 e. The van der Waals surface area contributed by atoms with Crippen LogP contribution in [-0.4, -0.2) is 34.6 Å². The molecule has 3 unspecified atom stereocenters. The molecule has 80 valence electrons. The van der Waals surface area contributed by atoms with Crippen molar-refractivity contribution in [1.82, 2.24) is 4.90 Å². The Hall–Kier alpha value is -0.570. The molecule has 1 aliphatic heterocycles. The molecule has 1 heterocycles. The van der Waals surface area contributed by atoms with Crippen LogP contribution in [0.5, 0.6) is 0 Å². The second kappa shape index (κ2) is 3.89. The van der Waals surface area contributed by atoms with E-state index >= 15 is 0 Å². The van der Waals surface area contributed by atoms with Gasteiger partial charge in [-0.1, -0.05) is 12.8 Å². The zero-order valence-corrected chi connectivity index (χ0v) is 8.78. The van der Waals surface area contributed by atoms with Crippen molar-refractivity contribution in [3.05, 3.63) is 0 Å². The van der Waals surface area contributed by atoms with Crippen LogP contribution in [0.1, 0.15) is 39.0 Å². The second-order valence-corrected chi connectivity index (χ2v) is 4.67. The van der Waals surface area contributed by atoms with Crippen molar-refractivity contribution < 1.29 is 9.90 Å². The fourth-order valence-electron chi connectivity index (χ4n) is 2.83. The summed E-state index contributed by atoms with van der Waals surface area (Å²) < 4.78 is 0. The van der Waals surface area contributed by atoms with E-state index in [1.807, 2.05) is 0 Å². The molecule has 14 heavy (non-hydrogen) atoms. The summed E-state index contributed by atoms with van der Waals surface area (Å²) in [7, 11) is 0.